The van der Waals surface area contributed by atoms with E-state index < -0.39 is 0 Å². The summed E-state index contributed by atoms with van der Waals surface area (Å²) in [6.45, 7) is 3.34. The molecule has 1 heterocycles. The van der Waals surface area contributed by atoms with Crippen LogP contribution in [0.4, 0.5) is 0 Å². The largest absolute Gasteiger partial charge is 0.463 e. The van der Waals surface area contributed by atoms with E-state index in [1.807, 2.05) is 0 Å². The second-order valence-electron chi connectivity index (χ2n) is 3.28. The summed E-state index contributed by atoms with van der Waals surface area (Å²) in [6.07, 6.45) is 6.12. The highest BCUT2D eigenvalue weighted by atomic mass is 16.7. The fourth-order valence-corrected chi connectivity index (χ4v) is 1.34. The highest BCUT2D eigenvalue weighted by Gasteiger charge is 2.12. The second-order valence-corrected chi connectivity index (χ2v) is 3.28. The molecule has 1 fully saturated rings. The number of esters is 1. The lowest BCUT2D eigenvalue weighted by Gasteiger charge is -2.21. The van der Waals surface area contributed by atoms with Gasteiger partial charge in [0.15, 0.2) is 6.29 Å². The maximum absolute atomic E-state index is 10.9. The van der Waals surface area contributed by atoms with Gasteiger partial charge in [0, 0.05) is 12.7 Å². The zero-order valence-corrected chi connectivity index (χ0v) is 9.11. The zero-order chi connectivity index (χ0) is 10.9. The van der Waals surface area contributed by atoms with Gasteiger partial charge >= 0.3 is 5.97 Å². The van der Waals surface area contributed by atoms with Crippen molar-refractivity contribution in [2.45, 2.75) is 32.5 Å². The second kappa shape index (κ2) is 7.43. The first-order valence-corrected chi connectivity index (χ1v) is 5.39. The molecule has 0 aromatic rings. The van der Waals surface area contributed by atoms with Gasteiger partial charge in [-0.05, 0) is 26.2 Å². The molecular formula is C11H18O4. The zero-order valence-electron chi connectivity index (χ0n) is 9.11. The van der Waals surface area contributed by atoms with E-state index in [0.29, 0.717) is 13.2 Å². The van der Waals surface area contributed by atoms with Crippen molar-refractivity contribution in [3.8, 4) is 0 Å². The van der Waals surface area contributed by atoms with Gasteiger partial charge in [0.05, 0.1) is 13.2 Å². The van der Waals surface area contributed by atoms with Crippen molar-refractivity contribution < 1.29 is 19.0 Å². The quantitative estimate of drug-likeness (QED) is 0.515. The minimum absolute atomic E-state index is 0.106. The van der Waals surface area contributed by atoms with E-state index in [4.69, 9.17) is 14.2 Å². The molecule has 1 aliphatic rings. The first-order valence-electron chi connectivity index (χ1n) is 5.39. The van der Waals surface area contributed by atoms with Gasteiger partial charge in [-0.3, -0.25) is 0 Å². The van der Waals surface area contributed by atoms with Crippen molar-refractivity contribution in [2.75, 3.05) is 19.8 Å². The van der Waals surface area contributed by atoms with E-state index in [9.17, 15) is 4.79 Å². The number of rotatable bonds is 5. The van der Waals surface area contributed by atoms with Gasteiger partial charge in [-0.15, -0.1) is 0 Å². The Balaban J connectivity index is 2.06. The van der Waals surface area contributed by atoms with Gasteiger partial charge in [-0.2, -0.15) is 0 Å². The lowest BCUT2D eigenvalue weighted by atomic mass is 10.2. The van der Waals surface area contributed by atoms with Crippen LogP contribution in [0.1, 0.15) is 26.2 Å². The van der Waals surface area contributed by atoms with E-state index in [1.54, 1.807) is 13.0 Å². The molecule has 0 saturated carbocycles. The average molecular weight is 214 g/mol. The summed E-state index contributed by atoms with van der Waals surface area (Å²) in [4.78, 5) is 10.9. The van der Waals surface area contributed by atoms with Crippen LogP contribution in [-0.2, 0) is 19.0 Å². The fourth-order valence-electron chi connectivity index (χ4n) is 1.34. The summed E-state index contributed by atoms with van der Waals surface area (Å²) < 4.78 is 15.5. The third kappa shape index (κ3) is 5.54. The highest BCUT2D eigenvalue weighted by Crippen LogP contribution is 2.13. The molecule has 0 aromatic heterocycles. The van der Waals surface area contributed by atoms with Crippen LogP contribution in [0.5, 0.6) is 0 Å². The molecule has 15 heavy (non-hydrogen) atoms. The van der Waals surface area contributed by atoms with Crippen molar-refractivity contribution in [1.29, 1.82) is 0 Å². The molecule has 0 radical (unpaired) electrons. The number of ether oxygens (including phenoxy) is 3. The van der Waals surface area contributed by atoms with Gasteiger partial charge in [-0.1, -0.05) is 6.08 Å². The van der Waals surface area contributed by atoms with Gasteiger partial charge in [0.2, 0.25) is 0 Å². The predicted octanol–water partition coefficient (Wildman–Crippen LogP) is 1.65. The monoisotopic (exact) mass is 214 g/mol. The van der Waals surface area contributed by atoms with Crippen LogP contribution in [-0.4, -0.2) is 32.1 Å². The van der Waals surface area contributed by atoms with Crippen LogP contribution in [0.15, 0.2) is 12.2 Å². The smallest absolute Gasteiger partial charge is 0.330 e. The number of hydrogen-bond donors (Lipinski definition) is 0. The van der Waals surface area contributed by atoms with Crippen molar-refractivity contribution in [2.24, 2.45) is 0 Å². The van der Waals surface area contributed by atoms with E-state index in [0.717, 1.165) is 25.9 Å². The van der Waals surface area contributed by atoms with Crippen LogP contribution in [0, 0.1) is 0 Å². The van der Waals surface area contributed by atoms with Crippen LogP contribution in [0.2, 0.25) is 0 Å². The SMILES string of the molecule is CCOC(=O)/C=C/COC1CCCCO1. The van der Waals surface area contributed by atoms with Crippen LogP contribution >= 0.6 is 0 Å². The van der Waals surface area contributed by atoms with Gasteiger partial charge in [0.25, 0.3) is 0 Å². The minimum Gasteiger partial charge on any atom is -0.463 e. The molecule has 0 amide bonds. The summed E-state index contributed by atoms with van der Waals surface area (Å²) in [5.41, 5.74) is 0. The molecule has 0 spiro atoms. The summed E-state index contributed by atoms with van der Waals surface area (Å²) in [5, 5.41) is 0. The molecule has 4 nitrogen and oxygen atoms in total. The molecule has 0 bridgehead atoms. The molecular weight excluding hydrogens is 196 g/mol. The molecule has 1 unspecified atom stereocenters. The summed E-state index contributed by atoms with van der Waals surface area (Å²) in [5.74, 6) is -0.328. The van der Waals surface area contributed by atoms with Crippen molar-refractivity contribution >= 4 is 5.97 Å². The Kier molecular flexibility index (Phi) is 6.04. The van der Waals surface area contributed by atoms with E-state index in [-0.39, 0.29) is 12.3 Å². The molecule has 4 heteroatoms. The molecule has 1 atom stereocenters. The number of carbonyl (C=O) groups excluding carboxylic acids is 1. The minimum atomic E-state index is -0.328. The van der Waals surface area contributed by atoms with Crippen LogP contribution < -0.4 is 0 Å². The molecule has 1 aliphatic heterocycles. The first kappa shape index (κ1) is 12.2. The molecule has 0 aliphatic carbocycles. The fraction of sp³-hybridized carbons (Fsp3) is 0.727. The van der Waals surface area contributed by atoms with E-state index >= 15 is 0 Å². The molecule has 86 valence electrons. The third-order valence-corrected chi connectivity index (χ3v) is 2.06. The topological polar surface area (TPSA) is 44.8 Å². The predicted molar refractivity (Wildman–Crippen MR) is 55.3 cm³/mol. The number of carbonyl (C=O) groups is 1. The standard InChI is InChI=1S/C11H18O4/c1-2-13-10(12)6-5-9-15-11-7-3-4-8-14-11/h5-6,11H,2-4,7-9H2,1H3/b6-5+. The molecule has 1 rings (SSSR count). The molecule has 1 saturated heterocycles. The number of hydrogen-bond acceptors (Lipinski definition) is 4. The highest BCUT2D eigenvalue weighted by molar-refractivity contribution is 5.81. The normalized spacial score (nSPS) is 21.8. The van der Waals surface area contributed by atoms with E-state index in [2.05, 4.69) is 0 Å². The Morgan fingerprint density at radius 2 is 2.40 bits per heavy atom. The van der Waals surface area contributed by atoms with Gasteiger partial charge < -0.3 is 14.2 Å². The van der Waals surface area contributed by atoms with Gasteiger partial charge in [-0.25, -0.2) is 4.79 Å². The van der Waals surface area contributed by atoms with Crippen molar-refractivity contribution in [3.05, 3.63) is 12.2 Å². The van der Waals surface area contributed by atoms with Crippen molar-refractivity contribution in [1.82, 2.24) is 0 Å². The lowest BCUT2D eigenvalue weighted by molar-refractivity contribution is -0.155. The van der Waals surface area contributed by atoms with E-state index in [1.165, 1.54) is 6.08 Å². The Labute approximate surface area is 90.2 Å². The maximum atomic E-state index is 10.9. The molecule has 0 aromatic carbocycles. The maximum Gasteiger partial charge on any atom is 0.330 e. The van der Waals surface area contributed by atoms with Crippen LogP contribution in [0.3, 0.4) is 0 Å². The van der Waals surface area contributed by atoms with Crippen LogP contribution in [0.25, 0.3) is 0 Å². The Bertz CT molecular complexity index is 207. The Hall–Kier alpha value is -0.870. The summed E-state index contributed by atoms with van der Waals surface area (Å²) >= 11 is 0. The Morgan fingerprint density at radius 1 is 1.53 bits per heavy atom. The van der Waals surface area contributed by atoms with Gasteiger partial charge in [0.1, 0.15) is 0 Å². The first-order chi connectivity index (χ1) is 7.33. The molecule has 0 N–H and O–H groups in total. The van der Waals surface area contributed by atoms with Crippen molar-refractivity contribution in [3.63, 3.8) is 0 Å². The average Bonchev–Trinajstić information content (AvgIpc) is 2.26. The lowest BCUT2D eigenvalue weighted by Crippen LogP contribution is -2.22. The Morgan fingerprint density at radius 3 is 3.07 bits per heavy atom. The summed E-state index contributed by atoms with van der Waals surface area (Å²) in [6, 6.07) is 0. The summed E-state index contributed by atoms with van der Waals surface area (Å²) in [7, 11) is 0. The third-order valence-electron chi connectivity index (χ3n) is 2.06.